The van der Waals surface area contributed by atoms with Crippen molar-refractivity contribution in [2.24, 2.45) is 0 Å². The van der Waals surface area contributed by atoms with Gasteiger partial charge in [0.25, 0.3) is 11.1 Å². The van der Waals surface area contributed by atoms with Gasteiger partial charge in [0.05, 0.1) is 30.6 Å². The van der Waals surface area contributed by atoms with Gasteiger partial charge in [-0.2, -0.15) is 0 Å². The number of amides is 1. The Labute approximate surface area is 201 Å². The van der Waals surface area contributed by atoms with Gasteiger partial charge in [0.2, 0.25) is 5.91 Å². The van der Waals surface area contributed by atoms with Crippen molar-refractivity contribution in [1.82, 2.24) is 24.4 Å². The predicted molar refractivity (Wildman–Crippen MR) is 132 cm³/mol. The van der Waals surface area contributed by atoms with Gasteiger partial charge in [-0.1, -0.05) is 30.3 Å². The van der Waals surface area contributed by atoms with Crippen molar-refractivity contribution < 1.29 is 9.53 Å². The molecule has 0 spiro atoms. The van der Waals surface area contributed by atoms with Crippen LogP contribution in [-0.2, 0) is 17.9 Å². The standard InChI is InChI=1S/C26H25N5O4/c1-2-35-21-10-8-20(9-11-21)23-14-25(33)30(17-28-23)13-12-27-24(32)16-31-18-29-22(15-26(31)34)19-6-4-3-5-7-19/h3-11,14-15,17-18H,2,12-13,16H2,1H3,(H,27,32). The van der Waals surface area contributed by atoms with Crippen LogP contribution in [-0.4, -0.2) is 38.2 Å². The molecule has 178 valence electrons. The van der Waals surface area contributed by atoms with Crippen LogP contribution in [0.2, 0.25) is 0 Å². The van der Waals surface area contributed by atoms with Crippen molar-refractivity contribution in [3.63, 3.8) is 0 Å². The van der Waals surface area contributed by atoms with Gasteiger partial charge in [0.1, 0.15) is 12.3 Å². The number of nitrogens with one attached hydrogen (secondary N) is 1. The molecule has 2 aromatic heterocycles. The Kier molecular flexibility index (Phi) is 7.47. The maximum atomic E-state index is 12.5. The number of rotatable bonds is 9. The fourth-order valence-electron chi connectivity index (χ4n) is 3.48. The Morgan fingerprint density at radius 1 is 0.857 bits per heavy atom. The van der Waals surface area contributed by atoms with Crippen LogP contribution in [0.4, 0.5) is 0 Å². The summed E-state index contributed by atoms with van der Waals surface area (Å²) in [5.74, 6) is 0.402. The number of carbonyl (C=O) groups excluding carboxylic acids is 1. The first-order chi connectivity index (χ1) is 17.0. The van der Waals surface area contributed by atoms with Gasteiger partial charge in [-0.15, -0.1) is 0 Å². The van der Waals surface area contributed by atoms with Crippen molar-refractivity contribution in [2.75, 3.05) is 13.2 Å². The third-order valence-corrected chi connectivity index (χ3v) is 5.28. The van der Waals surface area contributed by atoms with Gasteiger partial charge >= 0.3 is 0 Å². The van der Waals surface area contributed by atoms with E-state index in [0.29, 0.717) is 18.0 Å². The van der Waals surface area contributed by atoms with E-state index in [1.807, 2.05) is 61.5 Å². The maximum Gasteiger partial charge on any atom is 0.254 e. The summed E-state index contributed by atoms with van der Waals surface area (Å²) in [5, 5.41) is 2.72. The number of ether oxygens (including phenoxy) is 1. The third-order valence-electron chi connectivity index (χ3n) is 5.28. The zero-order valence-corrected chi connectivity index (χ0v) is 19.3. The van der Waals surface area contributed by atoms with Crippen molar-refractivity contribution in [1.29, 1.82) is 0 Å². The molecule has 0 saturated heterocycles. The number of carbonyl (C=O) groups is 1. The Balaban J connectivity index is 1.31. The average molecular weight is 472 g/mol. The van der Waals surface area contributed by atoms with Gasteiger partial charge < -0.3 is 10.1 Å². The first-order valence-corrected chi connectivity index (χ1v) is 11.2. The van der Waals surface area contributed by atoms with Crippen molar-refractivity contribution >= 4 is 5.91 Å². The fourth-order valence-corrected chi connectivity index (χ4v) is 3.48. The highest BCUT2D eigenvalue weighted by Crippen LogP contribution is 2.19. The Morgan fingerprint density at radius 2 is 1.46 bits per heavy atom. The van der Waals surface area contributed by atoms with E-state index in [1.165, 1.54) is 33.9 Å². The first-order valence-electron chi connectivity index (χ1n) is 11.2. The molecule has 0 fully saturated rings. The number of hydrogen-bond acceptors (Lipinski definition) is 6. The zero-order chi connectivity index (χ0) is 24.6. The van der Waals surface area contributed by atoms with E-state index in [0.717, 1.165) is 16.9 Å². The van der Waals surface area contributed by atoms with Crippen LogP contribution in [0, 0.1) is 0 Å². The molecule has 0 aliphatic carbocycles. The Hall–Kier alpha value is -4.53. The van der Waals surface area contributed by atoms with Crippen LogP contribution in [0.3, 0.4) is 0 Å². The molecule has 2 heterocycles. The number of hydrogen-bond donors (Lipinski definition) is 1. The predicted octanol–water partition coefficient (Wildman–Crippen LogP) is 2.35. The molecule has 1 amide bonds. The van der Waals surface area contributed by atoms with Gasteiger partial charge in [0.15, 0.2) is 0 Å². The summed E-state index contributed by atoms with van der Waals surface area (Å²) in [5.41, 5.74) is 2.20. The van der Waals surface area contributed by atoms with E-state index in [2.05, 4.69) is 15.3 Å². The lowest BCUT2D eigenvalue weighted by atomic mass is 10.1. The molecule has 0 atom stereocenters. The second-order valence-electron chi connectivity index (χ2n) is 7.72. The van der Waals surface area contributed by atoms with Crippen LogP contribution >= 0.6 is 0 Å². The molecule has 4 rings (SSSR count). The summed E-state index contributed by atoms with van der Waals surface area (Å²) in [6.45, 7) is 2.80. The monoisotopic (exact) mass is 471 g/mol. The average Bonchev–Trinajstić information content (AvgIpc) is 2.87. The molecule has 35 heavy (non-hydrogen) atoms. The quantitative estimate of drug-likeness (QED) is 0.402. The smallest absolute Gasteiger partial charge is 0.254 e. The molecular weight excluding hydrogens is 446 g/mol. The van der Waals surface area contributed by atoms with E-state index in [1.54, 1.807) is 0 Å². The lowest BCUT2D eigenvalue weighted by Crippen LogP contribution is -2.35. The van der Waals surface area contributed by atoms with Gasteiger partial charge in [-0.05, 0) is 31.2 Å². The molecule has 4 aromatic rings. The molecule has 9 heteroatoms. The van der Waals surface area contributed by atoms with Crippen molar-refractivity contribution in [3.8, 4) is 28.3 Å². The number of nitrogens with zero attached hydrogens (tertiary/aromatic N) is 4. The largest absolute Gasteiger partial charge is 0.494 e. The highest BCUT2D eigenvalue weighted by molar-refractivity contribution is 5.75. The van der Waals surface area contributed by atoms with Gasteiger partial charge in [-0.3, -0.25) is 23.5 Å². The summed E-state index contributed by atoms with van der Waals surface area (Å²) >= 11 is 0. The van der Waals surface area contributed by atoms with Crippen LogP contribution < -0.4 is 21.2 Å². The van der Waals surface area contributed by atoms with Crippen LogP contribution in [0.1, 0.15) is 6.92 Å². The highest BCUT2D eigenvalue weighted by atomic mass is 16.5. The van der Waals surface area contributed by atoms with Crippen molar-refractivity contribution in [3.05, 3.63) is 100 Å². The summed E-state index contributed by atoms with van der Waals surface area (Å²) in [6, 6.07) is 19.6. The topological polar surface area (TPSA) is 108 Å². The van der Waals surface area contributed by atoms with Gasteiger partial charge in [0, 0.05) is 36.3 Å². The van der Waals surface area contributed by atoms with E-state index in [-0.39, 0.29) is 36.7 Å². The second-order valence-corrected chi connectivity index (χ2v) is 7.72. The zero-order valence-electron chi connectivity index (χ0n) is 19.3. The summed E-state index contributed by atoms with van der Waals surface area (Å²) in [6.07, 6.45) is 2.81. The molecule has 2 aromatic carbocycles. The van der Waals surface area contributed by atoms with E-state index < -0.39 is 0 Å². The third kappa shape index (κ3) is 6.08. The fraction of sp³-hybridized carbons (Fsp3) is 0.192. The number of aromatic nitrogens is 4. The van der Waals surface area contributed by atoms with E-state index in [9.17, 15) is 14.4 Å². The minimum Gasteiger partial charge on any atom is -0.494 e. The Morgan fingerprint density at radius 3 is 2.06 bits per heavy atom. The number of benzene rings is 2. The molecule has 9 nitrogen and oxygen atoms in total. The summed E-state index contributed by atoms with van der Waals surface area (Å²) in [4.78, 5) is 45.8. The molecule has 0 aliphatic rings. The molecule has 0 bridgehead atoms. The highest BCUT2D eigenvalue weighted by Gasteiger charge is 2.08. The van der Waals surface area contributed by atoms with E-state index >= 15 is 0 Å². The lowest BCUT2D eigenvalue weighted by Gasteiger charge is -2.10. The van der Waals surface area contributed by atoms with Gasteiger partial charge in [-0.25, -0.2) is 9.97 Å². The summed E-state index contributed by atoms with van der Waals surface area (Å²) in [7, 11) is 0. The Bertz CT molecular complexity index is 1410. The van der Waals surface area contributed by atoms with Crippen molar-refractivity contribution in [2.45, 2.75) is 20.0 Å². The minimum absolute atomic E-state index is 0.162. The summed E-state index contributed by atoms with van der Waals surface area (Å²) < 4.78 is 8.08. The molecular formula is C26H25N5O4. The SMILES string of the molecule is CCOc1ccc(-c2cc(=O)n(CCNC(=O)Cn3cnc(-c4ccccc4)cc3=O)cn2)cc1. The van der Waals surface area contributed by atoms with Crippen LogP contribution in [0.25, 0.3) is 22.5 Å². The normalized spacial score (nSPS) is 10.7. The molecule has 0 radical (unpaired) electrons. The first kappa shape index (κ1) is 23.6. The minimum atomic E-state index is -0.353. The van der Waals surface area contributed by atoms with E-state index in [4.69, 9.17) is 4.74 Å². The van der Waals surface area contributed by atoms with Crippen LogP contribution in [0.5, 0.6) is 5.75 Å². The maximum absolute atomic E-state index is 12.5. The van der Waals surface area contributed by atoms with Crippen LogP contribution in [0.15, 0.2) is 89.0 Å². The molecule has 0 unspecified atom stereocenters. The molecule has 0 aliphatic heterocycles. The second kappa shape index (κ2) is 11.1. The molecule has 0 saturated carbocycles. The molecule has 1 N–H and O–H groups in total. The lowest BCUT2D eigenvalue weighted by molar-refractivity contribution is -0.121.